The summed E-state index contributed by atoms with van der Waals surface area (Å²) in [5.74, 6) is 1.60. The maximum Gasteiger partial charge on any atom is 0.320 e. The highest BCUT2D eigenvalue weighted by atomic mass is 16.5. The number of aliphatic hydroxyl groups excluding tert-OH is 1. The normalized spacial score (nSPS) is 21.8. The molecule has 0 aromatic heterocycles. The molecule has 0 aliphatic heterocycles. The minimum Gasteiger partial charge on any atom is -0.512 e. The Morgan fingerprint density at radius 1 is 1.12 bits per heavy atom. The number of nitrogens with zero attached hydrogens (tertiary/aromatic N) is 2. The fraction of sp³-hybridized carbons (Fsp3) is 0.607. The number of hydrogen-bond acceptors (Lipinski definition) is 4. The van der Waals surface area contributed by atoms with Crippen molar-refractivity contribution in [2.45, 2.75) is 77.7 Å². The lowest BCUT2D eigenvalue weighted by atomic mass is 9.72. The topological polar surface area (TPSA) is 79.0 Å². The molecule has 3 rings (SSSR count). The van der Waals surface area contributed by atoms with Crippen LogP contribution in [0.25, 0.3) is 0 Å². The van der Waals surface area contributed by atoms with Crippen molar-refractivity contribution in [2.75, 3.05) is 31.0 Å². The number of hydrogen-bond donors (Lipinski definition) is 2. The van der Waals surface area contributed by atoms with Crippen molar-refractivity contribution in [3.63, 3.8) is 0 Å². The predicted molar refractivity (Wildman–Crippen MR) is 140 cm³/mol. The number of carbonyl (C=O) groups is 1. The number of carbonyl (C=O) groups excluding carboxylic acids is 1. The molecule has 1 aromatic rings. The average molecular weight is 470 g/mol. The summed E-state index contributed by atoms with van der Waals surface area (Å²) in [6, 6.07) is 7.27. The summed E-state index contributed by atoms with van der Waals surface area (Å²) in [6.07, 6.45) is 10.1. The molecular weight excluding hydrogens is 426 g/mol. The van der Waals surface area contributed by atoms with Gasteiger partial charge in [-0.1, -0.05) is 52.9 Å². The van der Waals surface area contributed by atoms with Crippen LogP contribution in [0.5, 0.6) is 0 Å². The number of anilines is 2. The van der Waals surface area contributed by atoms with Gasteiger partial charge in [0.05, 0.1) is 12.9 Å². The monoisotopic (exact) mass is 469 g/mol. The Hall–Kier alpha value is -2.63. The summed E-state index contributed by atoms with van der Waals surface area (Å²) in [4.78, 5) is 16.7. The van der Waals surface area contributed by atoms with Crippen LogP contribution >= 0.6 is 0 Å². The summed E-state index contributed by atoms with van der Waals surface area (Å²) < 4.78 is 5.99. The van der Waals surface area contributed by atoms with Crippen LogP contribution in [0, 0.1) is 11.3 Å². The molecule has 1 aromatic carbocycles. The van der Waals surface area contributed by atoms with Gasteiger partial charge in [0.25, 0.3) is 0 Å². The Kier molecular flexibility index (Phi) is 7.89. The van der Waals surface area contributed by atoms with Gasteiger partial charge in [-0.15, -0.1) is 0 Å². The van der Waals surface area contributed by atoms with Crippen molar-refractivity contribution >= 4 is 17.4 Å². The molecule has 1 fully saturated rings. The number of benzene rings is 1. The number of ether oxygens (including phenoxy) is 1. The highest BCUT2D eigenvalue weighted by Crippen LogP contribution is 2.47. The molecule has 6 heteroatoms. The Labute approximate surface area is 205 Å². The Balaban J connectivity index is 2.10. The highest BCUT2D eigenvalue weighted by molar-refractivity contribution is 5.93. The van der Waals surface area contributed by atoms with Crippen LogP contribution in [0.15, 0.2) is 47.4 Å². The third kappa shape index (κ3) is 5.37. The molecule has 1 atom stereocenters. The molecule has 188 valence electrons. The Bertz CT molecular complexity index is 921. The van der Waals surface area contributed by atoms with Gasteiger partial charge in [-0.05, 0) is 60.1 Å². The van der Waals surface area contributed by atoms with E-state index in [4.69, 9.17) is 10.5 Å². The summed E-state index contributed by atoms with van der Waals surface area (Å²) in [5, 5.41) is 11.3. The maximum absolute atomic E-state index is 13.1. The fourth-order valence-corrected chi connectivity index (χ4v) is 5.62. The first kappa shape index (κ1) is 26.0. The second-order valence-electron chi connectivity index (χ2n) is 11.2. The molecule has 2 aliphatic rings. The molecular formula is C28H43N3O3. The highest BCUT2D eigenvalue weighted by Gasteiger charge is 2.48. The molecule has 34 heavy (non-hydrogen) atoms. The molecule has 0 spiro atoms. The van der Waals surface area contributed by atoms with Gasteiger partial charge in [0.15, 0.2) is 0 Å². The van der Waals surface area contributed by atoms with Crippen molar-refractivity contribution in [1.82, 2.24) is 0 Å². The standard InChI is InChI=1S/C28H43N3O3/c1-27(2,3)23-18-25(34-6)28(19-24(23)32,17-16-20-10-8-7-9-11-20)31(26(29)33)22-14-12-21(13-15-22)30(4)5/h12-15,18,20,32H,7-11,16-17,19H2,1-6H3,(H2,29,33). The van der Waals surface area contributed by atoms with E-state index in [1.807, 2.05) is 49.3 Å². The number of methoxy groups -OCH3 is 1. The SMILES string of the molecule is COC1=CC(C(C)(C)C)=C(O)CC1(CCC1CCCCC1)N(C(N)=O)c1ccc(N(C)C)cc1. The fourth-order valence-electron chi connectivity index (χ4n) is 5.62. The number of amides is 2. The van der Waals surface area contributed by atoms with Crippen molar-refractivity contribution in [3.05, 3.63) is 47.4 Å². The van der Waals surface area contributed by atoms with Crippen LogP contribution in [-0.4, -0.2) is 37.9 Å². The molecule has 2 amide bonds. The van der Waals surface area contributed by atoms with E-state index in [2.05, 4.69) is 20.8 Å². The molecule has 3 N–H and O–H groups in total. The second-order valence-corrected chi connectivity index (χ2v) is 11.2. The summed E-state index contributed by atoms with van der Waals surface area (Å²) in [6.45, 7) is 6.22. The van der Waals surface area contributed by atoms with Crippen LogP contribution in [0.2, 0.25) is 0 Å². The number of urea groups is 1. The van der Waals surface area contributed by atoms with Crippen LogP contribution < -0.4 is 15.5 Å². The summed E-state index contributed by atoms with van der Waals surface area (Å²) in [7, 11) is 5.62. The third-order valence-electron chi connectivity index (χ3n) is 7.50. The lowest BCUT2D eigenvalue weighted by Gasteiger charge is -2.47. The minimum absolute atomic E-state index is 0.256. The molecule has 1 unspecified atom stereocenters. The van der Waals surface area contributed by atoms with Crippen molar-refractivity contribution in [3.8, 4) is 0 Å². The third-order valence-corrected chi connectivity index (χ3v) is 7.50. The van der Waals surface area contributed by atoms with Crippen LogP contribution in [0.4, 0.5) is 16.2 Å². The van der Waals surface area contributed by atoms with Gasteiger partial charge < -0.3 is 20.5 Å². The van der Waals surface area contributed by atoms with E-state index in [1.54, 1.807) is 12.0 Å². The maximum atomic E-state index is 13.1. The van der Waals surface area contributed by atoms with Crippen molar-refractivity contribution in [1.29, 1.82) is 0 Å². The second kappa shape index (κ2) is 10.3. The predicted octanol–water partition coefficient (Wildman–Crippen LogP) is 6.53. The number of primary amides is 1. The van der Waals surface area contributed by atoms with E-state index in [-0.39, 0.29) is 11.8 Å². The quantitative estimate of drug-likeness (QED) is 0.476. The molecule has 6 nitrogen and oxygen atoms in total. The van der Waals surface area contributed by atoms with E-state index in [0.717, 1.165) is 17.7 Å². The van der Waals surface area contributed by atoms with E-state index in [1.165, 1.54) is 32.1 Å². The van der Waals surface area contributed by atoms with Gasteiger partial charge in [-0.3, -0.25) is 4.90 Å². The largest absolute Gasteiger partial charge is 0.512 e. The molecule has 0 bridgehead atoms. The van der Waals surface area contributed by atoms with E-state index in [9.17, 15) is 9.90 Å². The lowest BCUT2D eigenvalue weighted by molar-refractivity contribution is 0.169. The van der Waals surface area contributed by atoms with Gasteiger partial charge in [0, 0.05) is 31.9 Å². The van der Waals surface area contributed by atoms with Gasteiger partial charge in [-0.2, -0.15) is 0 Å². The number of aliphatic hydroxyl groups is 1. The van der Waals surface area contributed by atoms with E-state index < -0.39 is 11.6 Å². The van der Waals surface area contributed by atoms with Crippen LogP contribution in [0.1, 0.15) is 72.1 Å². The minimum atomic E-state index is -0.878. The van der Waals surface area contributed by atoms with Gasteiger partial charge in [0.1, 0.15) is 11.3 Å². The van der Waals surface area contributed by atoms with E-state index in [0.29, 0.717) is 29.5 Å². The Morgan fingerprint density at radius 3 is 2.21 bits per heavy atom. The van der Waals surface area contributed by atoms with Gasteiger partial charge in [0.2, 0.25) is 0 Å². The van der Waals surface area contributed by atoms with Crippen LogP contribution in [-0.2, 0) is 4.74 Å². The molecule has 0 heterocycles. The van der Waals surface area contributed by atoms with Crippen LogP contribution in [0.3, 0.4) is 0 Å². The molecule has 0 radical (unpaired) electrons. The Morgan fingerprint density at radius 2 is 1.71 bits per heavy atom. The zero-order valence-electron chi connectivity index (χ0n) is 21.9. The lowest BCUT2D eigenvalue weighted by Crippen LogP contribution is -2.57. The van der Waals surface area contributed by atoms with Crippen molar-refractivity contribution < 1.29 is 14.6 Å². The smallest absolute Gasteiger partial charge is 0.320 e. The summed E-state index contributed by atoms with van der Waals surface area (Å²) in [5.41, 5.74) is 7.51. The van der Waals surface area contributed by atoms with E-state index >= 15 is 0 Å². The number of allylic oxidation sites excluding steroid dienone is 2. The number of rotatable bonds is 7. The first-order valence-corrected chi connectivity index (χ1v) is 12.6. The van der Waals surface area contributed by atoms with Gasteiger partial charge >= 0.3 is 6.03 Å². The molecule has 1 saturated carbocycles. The van der Waals surface area contributed by atoms with Crippen molar-refractivity contribution in [2.24, 2.45) is 17.1 Å². The first-order chi connectivity index (χ1) is 16.0. The summed E-state index contributed by atoms with van der Waals surface area (Å²) >= 11 is 0. The average Bonchev–Trinajstić information content (AvgIpc) is 2.78. The van der Waals surface area contributed by atoms with Gasteiger partial charge in [-0.25, -0.2) is 4.79 Å². The zero-order valence-corrected chi connectivity index (χ0v) is 21.9. The number of nitrogens with two attached hydrogens (primary N) is 1. The first-order valence-electron chi connectivity index (χ1n) is 12.6. The molecule has 2 aliphatic carbocycles. The zero-order chi connectivity index (χ0) is 25.1. The molecule has 0 saturated heterocycles.